The van der Waals surface area contributed by atoms with E-state index in [1.165, 1.54) is 16.7 Å². The van der Waals surface area contributed by atoms with Crippen LogP contribution in [0.2, 0.25) is 0 Å². The molecule has 2 aromatic heterocycles. The van der Waals surface area contributed by atoms with E-state index in [9.17, 15) is 0 Å². The van der Waals surface area contributed by atoms with Crippen LogP contribution >= 0.6 is 0 Å². The van der Waals surface area contributed by atoms with Crippen molar-refractivity contribution < 1.29 is 0 Å². The minimum Gasteiger partial charge on any atom is -0.354 e. The van der Waals surface area contributed by atoms with Gasteiger partial charge in [-0.2, -0.15) is 5.10 Å². The summed E-state index contributed by atoms with van der Waals surface area (Å²) in [6.07, 6.45) is 5.68. The summed E-state index contributed by atoms with van der Waals surface area (Å²) in [5.41, 5.74) is 3.66. The lowest BCUT2D eigenvalue weighted by Gasteiger charge is -2.33. The fourth-order valence-corrected chi connectivity index (χ4v) is 3.82. The van der Waals surface area contributed by atoms with Crippen molar-refractivity contribution in [3.05, 3.63) is 77.7 Å². The zero-order valence-electron chi connectivity index (χ0n) is 18.9. The Kier molecular flexibility index (Phi) is 7.34. The minimum absolute atomic E-state index is 0.692. The average molecular weight is 433 g/mol. The van der Waals surface area contributed by atoms with Gasteiger partial charge in [0.15, 0.2) is 5.96 Å². The lowest BCUT2D eigenvalue weighted by atomic mass is 10.1. The second kappa shape index (κ2) is 10.8. The molecule has 8 heteroatoms. The highest BCUT2D eigenvalue weighted by molar-refractivity contribution is 5.79. The number of piperazine rings is 1. The van der Waals surface area contributed by atoms with Gasteiger partial charge in [0.2, 0.25) is 0 Å². The van der Waals surface area contributed by atoms with Gasteiger partial charge in [0.25, 0.3) is 0 Å². The van der Waals surface area contributed by atoms with E-state index in [0.29, 0.717) is 13.1 Å². The predicted molar refractivity (Wildman–Crippen MR) is 129 cm³/mol. The minimum atomic E-state index is 0.692. The molecule has 4 rings (SSSR count). The molecule has 3 heterocycles. The number of likely N-dealkylation sites (N-methyl/N-ethyl adjacent to an activating group) is 1. The van der Waals surface area contributed by atoms with Crippen molar-refractivity contribution >= 4 is 11.8 Å². The third-order valence-corrected chi connectivity index (χ3v) is 5.78. The van der Waals surface area contributed by atoms with Crippen LogP contribution in [-0.4, -0.2) is 65.9 Å². The summed E-state index contributed by atoms with van der Waals surface area (Å²) in [4.78, 5) is 13.7. The van der Waals surface area contributed by atoms with Crippen LogP contribution in [0.25, 0.3) is 0 Å². The van der Waals surface area contributed by atoms with Gasteiger partial charge in [-0.25, -0.2) is 4.98 Å². The van der Waals surface area contributed by atoms with E-state index in [-0.39, 0.29) is 0 Å². The normalized spacial score (nSPS) is 15.1. The van der Waals surface area contributed by atoms with Crippen LogP contribution in [-0.2, 0) is 19.6 Å². The topological polar surface area (TPSA) is 73.6 Å². The van der Waals surface area contributed by atoms with Gasteiger partial charge in [0, 0.05) is 64.9 Å². The van der Waals surface area contributed by atoms with Crippen LogP contribution in [0.5, 0.6) is 0 Å². The van der Waals surface area contributed by atoms with Gasteiger partial charge < -0.3 is 20.4 Å². The first-order valence-corrected chi connectivity index (χ1v) is 11.1. The molecule has 0 radical (unpaired) electrons. The molecular weight excluding hydrogens is 400 g/mol. The maximum atomic E-state index is 4.58. The highest BCUT2D eigenvalue weighted by atomic mass is 15.3. The molecule has 32 heavy (non-hydrogen) atoms. The molecule has 1 aromatic carbocycles. The van der Waals surface area contributed by atoms with Crippen LogP contribution in [0.3, 0.4) is 0 Å². The molecule has 0 atom stereocenters. The summed E-state index contributed by atoms with van der Waals surface area (Å²) in [6, 6.07) is 14.6. The molecule has 1 saturated heterocycles. The van der Waals surface area contributed by atoms with E-state index in [0.717, 1.165) is 44.5 Å². The van der Waals surface area contributed by atoms with E-state index in [1.807, 2.05) is 23.1 Å². The number of aliphatic imine (C=N–C) groups is 1. The zero-order chi connectivity index (χ0) is 22.2. The molecule has 0 unspecified atom stereocenters. The van der Waals surface area contributed by atoms with Gasteiger partial charge in [-0.3, -0.25) is 9.67 Å². The van der Waals surface area contributed by atoms with Crippen LogP contribution in [0.4, 0.5) is 5.82 Å². The molecule has 0 amide bonds. The number of pyridine rings is 1. The lowest BCUT2D eigenvalue weighted by molar-refractivity contribution is 0.312. The van der Waals surface area contributed by atoms with Crippen LogP contribution < -0.4 is 15.5 Å². The summed E-state index contributed by atoms with van der Waals surface area (Å²) in [7, 11) is 3.96. The maximum Gasteiger partial charge on any atom is 0.191 e. The van der Waals surface area contributed by atoms with Crippen molar-refractivity contribution in [1.29, 1.82) is 0 Å². The highest BCUT2D eigenvalue weighted by Gasteiger charge is 2.15. The number of guanidine groups is 1. The Morgan fingerprint density at radius 2 is 1.75 bits per heavy atom. The van der Waals surface area contributed by atoms with Crippen LogP contribution in [0.1, 0.15) is 16.7 Å². The highest BCUT2D eigenvalue weighted by Crippen LogP contribution is 2.15. The fraction of sp³-hybridized carbons (Fsp3) is 0.375. The van der Waals surface area contributed by atoms with Gasteiger partial charge in [0.05, 0.1) is 6.54 Å². The van der Waals surface area contributed by atoms with Crippen molar-refractivity contribution in [3.63, 3.8) is 0 Å². The molecule has 1 aliphatic rings. The van der Waals surface area contributed by atoms with Crippen molar-refractivity contribution in [2.45, 2.75) is 19.6 Å². The van der Waals surface area contributed by atoms with Gasteiger partial charge in [0.1, 0.15) is 5.82 Å². The van der Waals surface area contributed by atoms with Crippen molar-refractivity contribution in [1.82, 2.24) is 30.3 Å². The molecule has 1 fully saturated rings. The van der Waals surface area contributed by atoms with E-state index >= 15 is 0 Å². The Bertz CT molecular complexity index is 1010. The van der Waals surface area contributed by atoms with E-state index in [2.05, 4.69) is 79.0 Å². The maximum absolute atomic E-state index is 4.58. The smallest absolute Gasteiger partial charge is 0.191 e. The van der Waals surface area contributed by atoms with E-state index in [4.69, 9.17) is 0 Å². The van der Waals surface area contributed by atoms with Gasteiger partial charge in [-0.1, -0.05) is 24.3 Å². The van der Waals surface area contributed by atoms with Crippen molar-refractivity contribution in [2.75, 3.05) is 45.2 Å². The summed E-state index contributed by atoms with van der Waals surface area (Å²) >= 11 is 0. The molecule has 8 nitrogen and oxygen atoms in total. The first-order valence-electron chi connectivity index (χ1n) is 11.1. The Morgan fingerprint density at radius 1 is 0.969 bits per heavy atom. The zero-order valence-corrected chi connectivity index (χ0v) is 18.9. The Morgan fingerprint density at radius 3 is 2.50 bits per heavy atom. The SMILES string of the molecule is CN=C(NCc1ccnc(N2CCN(C)CC2)c1)NCc1ccccc1Cn1cccn1. The molecule has 0 aliphatic carbocycles. The molecule has 3 aromatic rings. The second-order valence-corrected chi connectivity index (χ2v) is 8.06. The van der Waals surface area contributed by atoms with Crippen LogP contribution in [0.15, 0.2) is 66.0 Å². The molecule has 0 bridgehead atoms. The fourth-order valence-electron chi connectivity index (χ4n) is 3.82. The summed E-state index contributed by atoms with van der Waals surface area (Å²) < 4.78 is 1.94. The molecule has 2 N–H and O–H groups in total. The third kappa shape index (κ3) is 5.85. The summed E-state index contributed by atoms with van der Waals surface area (Å²) in [6.45, 7) is 6.31. The Labute approximate surface area is 190 Å². The number of nitrogens with zero attached hydrogens (tertiary/aromatic N) is 6. The molecule has 168 valence electrons. The quantitative estimate of drug-likeness (QED) is 0.439. The summed E-state index contributed by atoms with van der Waals surface area (Å²) in [5.74, 6) is 1.82. The van der Waals surface area contributed by atoms with E-state index < -0.39 is 0 Å². The van der Waals surface area contributed by atoms with Gasteiger partial charge in [-0.05, 0) is 41.9 Å². The number of benzene rings is 1. The third-order valence-electron chi connectivity index (χ3n) is 5.78. The number of rotatable bonds is 7. The number of hydrogen-bond donors (Lipinski definition) is 2. The molecule has 0 spiro atoms. The standard InChI is InChI=1S/C24H32N8/c1-25-24(28-18-21-6-3-4-7-22(21)19-32-11-5-9-29-32)27-17-20-8-10-26-23(16-20)31-14-12-30(2)13-15-31/h3-11,16H,12-15,17-19H2,1-2H3,(H2,25,27,28). The van der Waals surface area contributed by atoms with Gasteiger partial charge >= 0.3 is 0 Å². The monoisotopic (exact) mass is 432 g/mol. The van der Waals surface area contributed by atoms with E-state index in [1.54, 1.807) is 13.2 Å². The molecule has 0 saturated carbocycles. The molecule has 1 aliphatic heterocycles. The number of aromatic nitrogens is 3. The lowest BCUT2D eigenvalue weighted by Crippen LogP contribution is -2.44. The first-order chi connectivity index (χ1) is 15.7. The van der Waals surface area contributed by atoms with Crippen molar-refractivity contribution in [2.24, 2.45) is 4.99 Å². The average Bonchev–Trinajstić information content (AvgIpc) is 3.34. The largest absolute Gasteiger partial charge is 0.354 e. The Balaban J connectivity index is 1.32. The second-order valence-electron chi connectivity index (χ2n) is 8.06. The number of anilines is 1. The predicted octanol–water partition coefficient (Wildman–Crippen LogP) is 1.94. The molecular formula is C24H32N8. The number of nitrogens with one attached hydrogen (secondary N) is 2. The first kappa shape index (κ1) is 21.8. The summed E-state index contributed by atoms with van der Waals surface area (Å²) in [5, 5.41) is 11.2. The Hall–Kier alpha value is -3.39. The number of hydrogen-bond acceptors (Lipinski definition) is 5. The van der Waals surface area contributed by atoms with Gasteiger partial charge in [-0.15, -0.1) is 0 Å². The van der Waals surface area contributed by atoms with Crippen LogP contribution in [0, 0.1) is 0 Å². The van der Waals surface area contributed by atoms with Crippen molar-refractivity contribution in [3.8, 4) is 0 Å².